The van der Waals surface area contributed by atoms with Crippen molar-refractivity contribution in [3.63, 3.8) is 0 Å². The Kier molecular flexibility index (Phi) is 4.12. The molecule has 2 rings (SSSR count). The fourth-order valence-corrected chi connectivity index (χ4v) is 1.67. The van der Waals surface area contributed by atoms with E-state index in [1.807, 2.05) is 0 Å². The van der Waals surface area contributed by atoms with E-state index in [1.165, 1.54) is 6.07 Å². The van der Waals surface area contributed by atoms with Crippen LogP contribution in [0.5, 0.6) is 5.75 Å². The van der Waals surface area contributed by atoms with Crippen molar-refractivity contribution in [2.75, 3.05) is 6.61 Å². The normalized spacial score (nSPS) is 10.3. The second-order valence-corrected chi connectivity index (χ2v) is 4.23. The van der Waals surface area contributed by atoms with Crippen LogP contribution < -0.4 is 4.74 Å². The summed E-state index contributed by atoms with van der Waals surface area (Å²) < 4.78 is 31.0. The summed E-state index contributed by atoms with van der Waals surface area (Å²) in [6.45, 7) is -0.344. The summed E-state index contributed by atoms with van der Waals surface area (Å²) in [5, 5.41) is 0.429. The summed E-state index contributed by atoms with van der Waals surface area (Å²) >= 11 is 5.75. The maximum absolute atomic E-state index is 13.3. The number of benzene rings is 2. The highest BCUT2D eigenvalue weighted by Gasteiger charge is 2.10. The molecule has 0 aliphatic carbocycles. The van der Waals surface area contributed by atoms with E-state index in [-0.39, 0.29) is 18.1 Å². The van der Waals surface area contributed by atoms with E-state index in [0.717, 1.165) is 12.1 Å². The highest BCUT2D eigenvalue weighted by Crippen LogP contribution is 2.18. The molecule has 2 nitrogen and oxygen atoms in total. The highest BCUT2D eigenvalue weighted by molar-refractivity contribution is 6.31. The average molecular weight is 283 g/mol. The van der Waals surface area contributed by atoms with Crippen molar-refractivity contribution in [2.24, 2.45) is 0 Å². The molecule has 98 valence electrons. The van der Waals surface area contributed by atoms with Gasteiger partial charge in [-0.05, 0) is 24.3 Å². The molecule has 0 unspecified atom stereocenters. The molecular weight excluding hydrogens is 274 g/mol. The minimum atomic E-state index is -0.848. The Morgan fingerprint density at radius 3 is 2.63 bits per heavy atom. The van der Waals surface area contributed by atoms with Crippen LogP contribution in [0.1, 0.15) is 10.4 Å². The van der Waals surface area contributed by atoms with Crippen LogP contribution in [0.15, 0.2) is 42.5 Å². The Bertz CT molecular complexity index is 614. The number of halogens is 3. The number of carbonyl (C=O) groups is 1. The molecular formula is C14H9ClF2O2. The fourth-order valence-electron chi connectivity index (χ4n) is 1.48. The molecule has 5 heteroatoms. The van der Waals surface area contributed by atoms with Gasteiger partial charge in [-0.15, -0.1) is 0 Å². The molecule has 0 fully saturated rings. The van der Waals surface area contributed by atoms with E-state index >= 15 is 0 Å². The topological polar surface area (TPSA) is 26.3 Å². The van der Waals surface area contributed by atoms with Gasteiger partial charge in [0.15, 0.2) is 24.0 Å². The molecule has 2 aromatic rings. The fraction of sp³-hybridized carbons (Fsp3) is 0.0714. The van der Waals surface area contributed by atoms with Crippen molar-refractivity contribution >= 4 is 17.4 Å². The first-order valence-corrected chi connectivity index (χ1v) is 5.80. The van der Waals surface area contributed by atoms with Gasteiger partial charge in [0.25, 0.3) is 0 Å². The van der Waals surface area contributed by atoms with E-state index in [9.17, 15) is 13.6 Å². The zero-order valence-corrected chi connectivity index (χ0v) is 10.5. The van der Waals surface area contributed by atoms with Gasteiger partial charge in [-0.1, -0.05) is 23.7 Å². The smallest absolute Gasteiger partial charge is 0.200 e. The zero-order chi connectivity index (χ0) is 13.8. The van der Waals surface area contributed by atoms with Gasteiger partial charge in [0.05, 0.1) is 0 Å². The van der Waals surface area contributed by atoms with Crippen molar-refractivity contribution in [3.8, 4) is 5.75 Å². The van der Waals surface area contributed by atoms with Crippen LogP contribution in [0.2, 0.25) is 5.02 Å². The summed E-state index contributed by atoms with van der Waals surface area (Å²) in [5.74, 6) is -2.06. The molecule has 0 aliphatic heterocycles. The Labute approximate surface area is 113 Å². The van der Waals surface area contributed by atoms with Gasteiger partial charge in [0.1, 0.15) is 5.82 Å². The van der Waals surface area contributed by atoms with Crippen LogP contribution >= 0.6 is 11.6 Å². The lowest BCUT2D eigenvalue weighted by molar-refractivity contribution is 0.0918. The lowest BCUT2D eigenvalue weighted by Gasteiger charge is -2.06. The molecule has 0 bridgehead atoms. The van der Waals surface area contributed by atoms with Gasteiger partial charge in [0, 0.05) is 16.7 Å². The van der Waals surface area contributed by atoms with E-state index in [2.05, 4.69) is 0 Å². The third-order valence-corrected chi connectivity index (χ3v) is 2.63. The molecule has 0 saturated carbocycles. The Balaban J connectivity index is 2.04. The summed E-state index contributed by atoms with van der Waals surface area (Å²) in [6, 6.07) is 9.23. The number of rotatable bonds is 4. The number of hydrogen-bond donors (Lipinski definition) is 0. The molecule has 19 heavy (non-hydrogen) atoms. The number of ether oxygens (including phenoxy) is 1. The molecule has 0 aromatic heterocycles. The van der Waals surface area contributed by atoms with Crippen LogP contribution in [0.3, 0.4) is 0 Å². The number of ketones is 1. The van der Waals surface area contributed by atoms with Crippen LogP contribution in [-0.4, -0.2) is 12.4 Å². The summed E-state index contributed by atoms with van der Waals surface area (Å²) in [6.07, 6.45) is 0. The Hall–Kier alpha value is -1.94. The summed E-state index contributed by atoms with van der Waals surface area (Å²) in [4.78, 5) is 11.8. The van der Waals surface area contributed by atoms with Crippen molar-refractivity contribution in [3.05, 3.63) is 64.7 Å². The van der Waals surface area contributed by atoms with Crippen LogP contribution in [0, 0.1) is 11.6 Å². The number of Topliss-reactive ketones (excluding diaryl/α,β-unsaturated/α-hetero) is 1. The largest absolute Gasteiger partial charge is 0.482 e. The van der Waals surface area contributed by atoms with Gasteiger partial charge in [-0.3, -0.25) is 4.79 Å². The van der Waals surface area contributed by atoms with Gasteiger partial charge < -0.3 is 4.74 Å². The predicted octanol–water partition coefficient (Wildman–Crippen LogP) is 3.88. The van der Waals surface area contributed by atoms with Crippen molar-refractivity contribution in [1.82, 2.24) is 0 Å². The Morgan fingerprint density at radius 1 is 1.16 bits per heavy atom. The highest BCUT2D eigenvalue weighted by atomic mass is 35.5. The lowest BCUT2D eigenvalue weighted by atomic mass is 10.1. The first-order valence-electron chi connectivity index (χ1n) is 5.43. The molecule has 0 N–H and O–H groups in total. The van der Waals surface area contributed by atoms with Crippen LogP contribution in [0.25, 0.3) is 0 Å². The van der Waals surface area contributed by atoms with Crippen LogP contribution in [0.4, 0.5) is 8.78 Å². The van der Waals surface area contributed by atoms with E-state index in [1.54, 1.807) is 18.2 Å². The standard InChI is InChI=1S/C14H9ClF2O2/c15-10-3-1-2-9(6-10)13(18)8-19-14-5-4-11(16)7-12(14)17/h1-7H,8H2. The van der Waals surface area contributed by atoms with Crippen molar-refractivity contribution in [2.45, 2.75) is 0 Å². The molecule has 2 aromatic carbocycles. The predicted molar refractivity (Wildman–Crippen MR) is 67.6 cm³/mol. The summed E-state index contributed by atoms with van der Waals surface area (Å²) in [5.41, 5.74) is 0.370. The maximum Gasteiger partial charge on any atom is 0.200 e. The molecule has 0 spiro atoms. The first kappa shape index (κ1) is 13.5. The third-order valence-electron chi connectivity index (χ3n) is 2.40. The minimum absolute atomic E-state index is 0.170. The zero-order valence-electron chi connectivity index (χ0n) is 9.70. The minimum Gasteiger partial charge on any atom is -0.482 e. The second kappa shape index (κ2) is 5.80. The SMILES string of the molecule is O=C(COc1ccc(F)cc1F)c1cccc(Cl)c1. The monoisotopic (exact) mass is 282 g/mol. The van der Waals surface area contributed by atoms with E-state index < -0.39 is 11.6 Å². The number of carbonyl (C=O) groups excluding carboxylic acids is 1. The maximum atomic E-state index is 13.3. The average Bonchev–Trinajstić information content (AvgIpc) is 2.37. The van der Waals surface area contributed by atoms with Gasteiger partial charge in [-0.25, -0.2) is 8.78 Å². The molecule has 0 radical (unpaired) electrons. The Morgan fingerprint density at radius 2 is 1.95 bits per heavy atom. The molecule has 0 aliphatic rings. The first-order chi connectivity index (χ1) is 9.06. The van der Waals surface area contributed by atoms with Gasteiger partial charge in [0.2, 0.25) is 0 Å². The summed E-state index contributed by atoms with van der Waals surface area (Å²) in [7, 11) is 0. The molecule has 0 amide bonds. The molecule has 0 heterocycles. The molecule has 0 saturated heterocycles. The third kappa shape index (κ3) is 3.51. The number of hydrogen-bond acceptors (Lipinski definition) is 2. The van der Waals surface area contributed by atoms with E-state index in [4.69, 9.17) is 16.3 Å². The van der Waals surface area contributed by atoms with E-state index in [0.29, 0.717) is 16.7 Å². The van der Waals surface area contributed by atoms with Crippen molar-refractivity contribution < 1.29 is 18.3 Å². The molecule has 0 atom stereocenters. The lowest BCUT2D eigenvalue weighted by Crippen LogP contribution is -2.12. The second-order valence-electron chi connectivity index (χ2n) is 3.80. The van der Waals surface area contributed by atoms with Crippen molar-refractivity contribution in [1.29, 1.82) is 0 Å². The van der Waals surface area contributed by atoms with Gasteiger partial charge in [-0.2, -0.15) is 0 Å². The quantitative estimate of drug-likeness (QED) is 0.796. The van der Waals surface area contributed by atoms with Gasteiger partial charge >= 0.3 is 0 Å². The van der Waals surface area contributed by atoms with Crippen LogP contribution in [-0.2, 0) is 0 Å².